The van der Waals surface area contributed by atoms with Crippen molar-refractivity contribution >= 4 is 44.8 Å². The van der Waals surface area contributed by atoms with Crippen LogP contribution in [0.1, 0.15) is 11.1 Å². The first-order chi connectivity index (χ1) is 9.77. The Kier molecular flexibility index (Phi) is 5.07. The van der Waals surface area contributed by atoms with E-state index in [1.54, 1.807) is 18.2 Å². The summed E-state index contributed by atoms with van der Waals surface area (Å²) in [5, 5.41) is 3.77. The average Bonchev–Trinajstić information content (AvgIpc) is 2.40. The van der Waals surface area contributed by atoms with E-state index in [9.17, 15) is 13.2 Å². The largest absolute Gasteiger partial charge is 0.416 e. The van der Waals surface area contributed by atoms with Crippen molar-refractivity contribution in [1.29, 1.82) is 0 Å². The van der Waals surface area contributed by atoms with Crippen molar-refractivity contribution in [3.8, 4) is 0 Å². The highest BCUT2D eigenvalue weighted by molar-refractivity contribution is 9.10. The third-order valence-corrected chi connectivity index (χ3v) is 4.19. The molecule has 1 nitrogen and oxygen atoms in total. The van der Waals surface area contributed by atoms with Gasteiger partial charge < -0.3 is 5.32 Å². The van der Waals surface area contributed by atoms with Crippen LogP contribution in [0.3, 0.4) is 0 Å². The number of alkyl halides is 3. The van der Waals surface area contributed by atoms with Gasteiger partial charge in [-0.2, -0.15) is 13.2 Å². The SMILES string of the molecule is FC(F)(F)c1ccc(Br)c(NCc2ccc(Cl)c(Cl)c2)c1. The van der Waals surface area contributed by atoms with E-state index in [4.69, 9.17) is 23.2 Å². The zero-order chi connectivity index (χ0) is 15.6. The van der Waals surface area contributed by atoms with Crippen LogP contribution >= 0.6 is 39.1 Å². The second kappa shape index (κ2) is 6.46. The molecule has 0 radical (unpaired) electrons. The Morgan fingerprint density at radius 3 is 2.33 bits per heavy atom. The van der Waals surface area contributed by atoms with E-state index >= 15 is 0 Å². The number of nitrogens with one attached hydrogen (secondary N) is 1. The van der Waals surface area contributed by atoms with E-state index in [0.29, 0.717) is 26.8 Å². The maximum Gasteiger partial charge on any atom is 0.416 e. The predicted molar refractivity (Wildman–Crippen MR) is 82.9 cm³/mol. The molecule has 0 aliphatic heterocycles. The summed E-state index contributed by atoms with van der Waals surface area (Å²) in [6.45, 7) is 0.330. The zero-order valence-corrected chi connectivity index (χ0v) is 13.5. The van der Waals surface area contributed by atoms with Crippen molar-refractivity contribution in [3.05, 3.63) is 62.0 Å². The van der Waals surface area contributed by atoms with Crippen molar-refractivity contribution in [3.63, 3.8) is 0 Å². The van der Waals surface area contributed by atoms with E-state index in [0.717, 1.165) is 17.7 Å². The minimum absolute atomic E-state index is 0.330. The van der Waals surface area contributed by atoms with Gasteiger partial charge >= 0.3 is 6.18 Å². The summed E-state index contributed by atoms with van der Waals surface area (Å²) >= 11 is 14.9. The summed E-state index contributed by atoms with van der Waals surface area (Å²) < 4.78 is 38.6. The summed E-state index contributed by atoms with van der Waals surface area (Å²) in [6.07, 6.45) is -4.37. The molecule has 0 heterocycles. The molecule has 0 saturated heterocycles. The van der Waals surface area contributed by atoms with Gasteiger partial charge in [0.2, 0.25) is 0 Å². The molecule has 1 N–H and O–H groups in total. The molecular weight excluding hydrogens is 390 g/mol. The summed E-state index contributed by atoms with van der Waals surface area (Å²) in [5.74, 6) is 0. The highest BCUT2D eigenvalue weighted by atomic mass is 79.9. The van der Waals surface area contributed by atoms with E-state index in [-0.39, 0.29) is 0 Å². The highest BCUT2D eigenvalue weighted by Crippen LogP contribution is 2.34. The average molecular weight is 399 g/mol. The van der Waals surface area contributed by atoms with Crippen molar-refractivity contribution in [1.82, 2.24) is 0 Å². The van der Waals surface area contributed by atoms with Gasteiger partial charge in [-0.1, -0.05) is 29.3 Å². The maximum atomic E-state index is 12.7. The Balaban J connectivity index is 2.17. The third kappa shape index (κ3) is 4.28. The van der Waals surface area contributed by atoms with Crippen LogP contribution in [0.15, 0.2) is 40.9 Å². The van der Waals surface area contributed by atoms with E-state index < -0.39 is 11.7 Å². The lowest BCUT2D eigenvalue weighted by atomic mass is 10.1. The first-order valence-corrected chi connectivity index (χ1v) is 7.37. The van der Waals surface area contributed by atoms with E-state index in [1.807, 2.05) is 0 Å². The molecule has 2 rings (SSSR count). The number of hydrogen-bond acceptors (Lipinski definition) is 1. The molecule has 0 bridgehead atoms. The van der Waals surface area contributed by atoms with E-state index in [1.165, 1.54) is 6.07 Å². The zero-order valence-electron chi connectivity index (χ0n) is 10.4. The molecule has 0 saturated carbocycles. The molecule has 2 aromatic carbocycles. The van der Waals surface area contributed by atoms with Crippen LogP contribution in [0.4, 0.5) is 18.9 Å². The molecule has 112 valence electrons. The Hall–Kier alpha value is -0.910. The maximum absolute atomic E-state index is 12.7. The monoisotopic (exact) mass is 397 g/mol. The Morgan fingerprint density at radius 1 is 1.00 bits per heavy atom. The number of benzene rings is 2. The second-order valence-corrected chi connectivity index (χ2v) is 5.96. The Labute approximate surface area is 138 Å². The van der Waals surface area contributed by atoms with Crippen LogP contribution < -0.4 is 5.32 Å². The van der Waals surface area contributed by atoms with Crippen LogP contribution in [-0.2, 0) is 12.7 Å². The van der Waals surface area contributed by atoms with Crippen LogP contribution in [0.5, 0.6) is 0 Å². The first-order valence-electron chi connectivity index (χ1n) is 5.82. The number of rotatable bonds is 3. The smallest absolute Gasteiger partial charge is 0.380 e. The summed E-state index contributed by atoms with van der Waals surface area (Å²) in [6, 6.07) is 8.50. The van der Waals surface area contributed by atoms with Crippen molar-refractivity contribution in [2.45, 2.75) is 12.7 Å². The molecule has 0 aliphatic carbocycles. The number of halogens is 6. The van der Waals surface area contributed by atoms with Gasteiger partial charge in [0.15, 0.2) is 0 Å². The van der Waals surface area contributed by atoms with Crippen LogP contribution in [0, 0.1) is 0 Å². The Bertz CT molecular complexity index is 659. The highest BCUT2D eigenvalue weighted by Gasteiger charge is 2.30. The normalized spacial score (nSPS) is 11.5. The van der Waals surface area contributed by atoms with Crippen LogP contribution in [0.2, 0.25) is 10.0 Å². The predicted octanol–water partition coefficient (Wildman–Crippen LogP) is 6.39. The minimum Gasteiger partial charge on any atom is -0.380 e. The first kappa shape index (κ1) is 16.5. The minimum atomic E-state index is -4.37. The van der Waals surface area contributed by atoms with Crippen molar-refractivity contribution in [2.75, 3.05) is 5.32 Å². The molecule has 0 atom stereocenters. The quantitative estimate of drug-likeness (QED) is 0.631. The lowest BCUT2D eigenvalue weighted by Gasteiger charge is -2.13. The van der Waals surface area contributed by atoms with Gasteiger partial charge in [-0.25, -0.2) is 0 Å². The molecule has 7 heteroatoms. The fourth-order valence-corrected chi connectivity index (χ4v) is 2.39. The standard InChI is InChI=1S/C14H9BrCl2F3N/c15-10-3-2-9(14(18,19)20)6-13(10)21-7-8-1-4-11(16)12(17)5-8/h1-6,21H,7H2. The number of hydrogen-bond donors (Lipinski definition) is 1. The fourth-order valence-electron chi connectivity index (χ4n) is 1.68. The van der Waals surface area contributed by atoms with Gasteiger partial charge in [0.05, 0.1) is 15.6 Å². The molecule has 0 aliphatic rings. The topological polar surface area (TPSA) is 12.0 Å². The van der Waals surface area contributed by atoms with E-state index in [2.05, 4.69) is 21.2 Å². The molecule has 0 fully saturated rings. The molecule has 2 aromatic rings. The molecular formula is C14H9BrCl2F3N. The third-order valence-electron chi connectivity index (χ3n) is 2.76. The lowest BCUT2D eigenvalue weighted by molar-refractivity contribution is -0.137. The molecule has 0 amide bonds. The summed E-state index contributed by atoms with van der Waals surface area (Å²) in [5.41, 5.74) is 0.465. The van der Waals surface area contributed by atoms with Crippen molar-refractivity contribution in [2.24, 2.45) is 0 Å². The number of anilines is 1. The van der Waals surface area contributed by atoms with Gasteiger partial charge in [0.1, 0.15) is 0 Å². The van der Waals surface area contributed by atoms with Crippen LogP contribution in [-0.4, -0.2) is 0 Å². The van der Waals surface area contributed by atoms with Crippen molar-refractivity contribution < 1.29 is 13.2 Å². The van der Waals surface area contributed by atoms with Gasteiger partial charge in [0.25, 0.3) is 0 Å². The molecule has 0 unspecified atom stereocenters. The van der Waals surface area contributed by atoms with Gasteiger partial charge in [-0.3, -0.25) is 0 Å². The lowest BCUT2D eigenvalue weighted by Crippen LogP contribution is -2.07. The molecule has 0 spiro atoms. The molecule has 21 heavy (non-hydrogen) atoms. The second-order valence-electron chi connectivity index (χ2n) is 4.29. The van der Waals surface area contributed by atoms with Crippen LogP contribution in [0.25, 0.3) is 0 Å². The Morgan fingerprint density at radius 2 is 1.71 bits per heavy atom. The molecule has 0 aromatic heterocycles. The van der Waals surface area contributed by atoms with Gasteiger partial charge in [-0.15, -0.1) is 0 Å². The summed E-state index contributed by atoms with van der Waals surface area (Å²) in [7, 11) is 0. The summed E-state index contributed by atoms with van der Waals surface area (Å²) in [4.78, 5) is 0. The fraction of sp³-hybridized carbons (Fsp3) is 0.143. The van der Waals surface area contributed by atoms with Gasteiger partial charge in [0, 0.05) is 16.7 Å². The van der Waals surface area contributed by atoms with Gasteiger partial charge in [-0.05, 0) is 51.8 Å².